The molecule has 1 amide bonds. The van der Waals surface area contributed by atoms with Crippen LogP contribution in [0, 0.1) is 0 Å². The lowest BCUT2D eigenvalue weighted by molar-refractivity contribution is -0.123. The Morgan fingerprint density at radius 1 is 1.52 bits per heavy atom. The lowest BCUT2D eigenvalue weighted by atomic mass is 9.94. The zero-order valence-corrected chi connectivity index (χ0v) is 14.4. The number of carbonyl (C=O) groups excluding carboxylic acids is 1. The Hall–Kier alpha value is -1.96. The lowest BCUT2D eigenvalue weighted by Crippen LogP contribution is -2.45. The summed E-state index contributed by atoms with van der Waals surface area (Å²) in [7, 11) is 0. The molecule has 0 bridgehead atoms. The number of hydrogen-bond donors (Lipinski definition) is 2. The van der Waals surface area contributed by atoms with Crippen molar-refractivity contribution in [3.63, 3.8) is 0 Å². The highest BCUT2D eigenvalue weighted by Gasteiger charge is 2.31. The minimum atomic E-state index is -0.0945. The lowest BCUT2D eigenvalue weighted by Gasteiger charge is -2.32. The van der Waals surface area contributed by atoms with Gasteiger partial charge in [-0.15, -0.1) is 0 Å². The van der Waals surface area contributed by atoms with E-state index < -0.39 is 0 Å². The number of aryl methyl sites for hydroxylation is 1. The van der Waals surface area contributed by atoms with Gasteiger partial charge in [0.15, 0.2) is 0 Å². The van der Waals surface area contributed by atoms with Crippen molar-refractivity contribution in [3.05, 3.63) is 23.8 Å². The molecule has 2 aromatic rings. The first-order valence-electron chi connectivity index (χ1n) is 7.98. The van der Waals surface area contributed by atoms with E-state index in [1.165, 1.54) is 11.5 Å². The number of piperidine rings is 1. The Labute approximate surface area is 139 Å². The van der Waals surface area contributed by atoms with Crippen LogP contribution >= 0.6 is 11.5 Å². The van der Waals surface area contributed by atoms with Crippen molar-refractivity contribution in [1.82, 2.24) is 24.5 Å². The summed E-state index contributed by atoms with van der Waals surface area (Å²) in [6, 6.07) is -0.00174. The molecule has 2 N–H and O–H groups in total. The molecule has 2 aromatic heterocycles. The monoisotopic (exact) mass is 334 g/mol. The Morgan fingerprint density at radius 3 is 3.00 bits per heavy atom. The molecular formula is C15H22N6OS. The van der Waals surface area contributed by atoms with Crippen LogP contribution in [-0.2, 0) is 11.3 Å². The molecule has 8 heteroatoms. The van der Waals surface area contributed by atoms with E-state index in [2.05, 4.69) is 38.9 Å². The molecule has 0 saturated carbocycles. The second kappa shape index (κ2) is 6.66. The molecule has 0 radical (unpaired) electrons. The maximum atomic E-state index is 11.8. The van der Waals surface area contributed by atoms with Gasteiger partial charge in [0, 0.05) is 42.2 Å². The topological polar surface area (TPSA) is 84.7 Å². The van der Waals surface area contributed by atoms with Gasteiger partial charge in [-0.1, -0.05) is 13.8 Å². The SMILES string of the molecule is CCn1cc([C@@H]2NC(=O)CC[C@H]2Nc2nc(C(C)C)ns2)cn1. The molecule has 7 nitrogen and oxygen atoms in total. The minimum absolute atomic E-state index is 0.0810. The first kappa shape index (κ1) is 15.9. The van der Waals surface area contributed by atoms with Gasteiger partial charge in [0.05, 0.1) is 18.3 Å². The summed E-state index contributed by atoms with van der Waals surface area (Å²) in [6.07, 6.45) is 5.11. The molecule has 1 fully saturated rings. The number of nitrogens with zero attached hydrogens (tertiary/aromatic N) is 4. The Balaban J connectivity index is 1.78. The molecule has 2 atom stereocenters. The fourth-order valence-corrected chi connectivity index (χ4v) is 3.44. The van der Waals surface area contributed by atoms with Gasteiger partial charge >= 0.3 is 0 Å². The molecular weight excluding hydrogens is 312 g/mol. The Morgan fingerprint density at radius 2 is 2.35 bits per heavy atom. The third-order valence-corrected chi connectivity index (χ3v) is 4.67. The molecule has 3 rings (SSSR count). The summed E-state index contributed by atoms with van der Waals surface area (Å²) in [6.45, 7) is 7.01. The summed E-state index contributed by atoms with van der Waals surface area (Å²) in [5.41, 5.74) is 1.02. The fourth-order valence-electron chi connectivity index (χ4n) is 2.67. The number of nitrogens with one attached hydrogen (secondary N) is 2. The summed E-state index contributed by atoms with van der Waals surface area (Å²) in [5, 5.41) is 11.6. The fraction of sp³-hybridized carbons (Fsp3) is 0.600. The molecule has 1 aliphatic rings. The third kappa shape index (κ3) is 3.52. The first-order chi connectivity index (χ1) is 11.1. The molecule has 3 heterocycles. The molecule has 124 valence electrons. The van der Waals surface area contributed by atoms with Crippen LogP contribution in [-0.4, -0.2) is 31.1 Å². The van der Waals surface area contributed by atoms with Crippen LogP contribution < -0.4 is 10.6 Å². The van der Waals surface area contributed by atoms with Crippen molar-refractivity contribution >= 4 is 22.6 Å². The Bertz CT molecular complexity index is 679. The van der Waals surface area contributed by atoms with Crippen LogP contribution in [0.2, 0.25) is 0 Å². The van der Waals surface area contributed by atoms with Gasteiger partial charge < -0.3 is 10.6 Å². The van der Waals surface area contributed by atoms with E-state index >= 15 is 0 Å². The van der Waals surface area contributed by atoms with Crippen molar-refractivity contribution in [2.75, 3.05) is 5.32 Å². The van der Waals surface area contributed by atoms with Crippen LogP contribution in [0.3, 0.4) is 0 Å². The standard InChI is InChI=1S/C15H22N6OS/c1-4-21-8-10(7-16-21)13-11(5-6-12(22)18-13)17-15-19-14(9(2)3)20-23-15/h7-9,11,13H,4-6H2,1-3H3,(H,18,22)(H,17,19,20)/t11-,13+/m1/s1. The van der Waals surface area contributed by atoms with Crippen LogP contribution in [0.15, 0.2) is 12.4 Å². The smallest absolute Gasteiger partial charge is 0.220 e. The highest BCUT2D eigenvalue weighted by molar-refractivity contribution is 7.09. The van der Waals surface area contributed by atoms with E-state index in [-0.39, 0.29) is 18.0 Å². The van der Waals surface area contributed by atoms with Crippen LogP contribution in [0.25, 0.3) is 0 Å². The molecule has 1 saturated heterocycles. The predicted octanol–water partition coefficient (Wildman–Crippen LogP) is 2.31. The number of carbonyl (C=O) groups is 1. The highest BCUT2D eigenvalue weighted by atomic mass is 32.1. The molecule has 23 heavy (non-hydrogen) atoms. The summed E-state index contributed by atoms with van der Waals surface area (Å²) in [5.74, 6) is 1.25. The summed E-state index contributed by atoms with van der Waals surface area (Å²) < 4.78 is 6.25. The maximum absolute atomic E-state index is 11.8. The first-order valence-corrected chi connectivity index (χ1v) is 8.76. The molecule has 0 aromatic carbocycles. The maximum Gasteiger partial charge on any atom is 0.220 e. The number of anilines is 1. The molecule has 1 aliphatic heterocycles. The van der Waals surface area contributed by atoms with Crippen LogP contribution in [0.4, 0.5) is 5.13 Å². The van der Waals surface area contributed by atoms with Gasteiger partial charge in [-0.2, -0.15) is 9.47 Å². The van der Waals surface area contributed by atoms with Gasteiger partial charge in [0.2, 0.25) is 11.0 Å². The number of rotatable bonds is 5. The van der Waals surface area contributed by atoms with Gasteiger partial charge in [0.1, 0.15) is 5.82 Å². The van der Waals surface area contributed by atoms with Crippen molar-refractivity contribution in [1.29, 1.82) is 0 Å². The van der Waals surface area contributed by atoms with E-state index in [1.807, 2.05) is 24.0 Å². The molecule has 0 aliphatic carbocycles. The average Bonchev–Trinajstić information content (AvgIpc) is 3.18. The second-order valence-corrected chi connectivity index (χ2v) is 6.83. The van der Waals surface area contributed by atoms with Crippen LogP contribution in [0.5, 0.6) is 0 Å². The average molecular weight is 334 g/mol. The zero-order chi connectivity index (χ0) is 16.4. The predicted molar refractivity (Wildman–Crippen MR) is 89.4 cm³/mol. The molecule has 0 spiro atoms. The van der Waals surface area contributed by atoms with Crippen molar-refractivity contribution in [2.45, 2.75) is 58.2 Å². The van der Waals surface area contributed by atoms with Crippen molar-refractivity contribution in [2.24, 2.45) is 0 Å². The zero-order valence-electron chi connectivity index (χ0n) is 13.6. The number of hydrogen-bond acceptors (Lipinski definition) is 6. The number of amides is 1. The van der Waals surface area contributed by atoms with Gasteiger partial charge in [-0.05, 0) is 13.3 Å². The summed E-state index contributed by atoms with van der Waals surface area (Å²) in [4.78, 5) is 16.4. The van der Waals surface area contributed by atoms with Crippen molar-refractivity contribution < 1.29 is 4.79 Å². The normalized spacial score (nSPS) is 21.5. The van der Waals surface area contributed by atoms with E-state index in [1.54, 1.807) is 0 Å². The third-order valence-electron chi connectivity index (χ3n) is 4.00. The van der Waals surface area contributed by atoms with E-state index in [0.29, 0.717) is 12.3 Å². The van der Waals surface area contributed by atoms with Crippen molar-refractivity contribution in [3.8, 4) is 0 Å². The second-order valence-electron chi connectivity index (χ2n) is 6.08. The van der Waals surface area contributed by atoms with E-state index in [0.717, 1.165) is 29.5 Å². The molecule has 0 unspecified atom stereocenters. The Kier molecular flexibility index (Phi) is 4.61. The minimum Gasteiger partial charge on any atom is -0.355 e. The van der Waals surface area contributed by atoms with E-state index in [9.17, 15) is 4.79 Å². The number of aromatic nitrogens is 4. The van der Waals surface area contributed by atoms with Gasteiger partial charge in [0.25, 0.3) is 0 Å². The quantitative estimate of drug-likeness (QED) is 0.876. The van der Waals surface area contributed by atoms with Gasteiger partial charge in [-0.25, -0.2) is 4.98 Å². The largest absolute Gasteiger partial charge is 0.355 e. The van der Waals surface area contributed by atoms with Gasteiger partial charge in [-0.3, -0.25) is 9.48 Å². The summed E-state index contributed by atoms with van der Waals surface area (Å²) >= 11 is 1.37. The highest BCUT2D eigenvalue weighted by Crippen LogP contribution is 2.28. The van der Waals surface area contributed by atoms with E-state index in [4.69, 9.17) is 0 Å². The van der Waals surface area contributed by atoms with Crippen LogP contribution in [0.1, 0.15) is 57.0 Å².